The fraction of sp³-hybridized carbons (Fsp3) is 0.700. The topological polar surface area (TPSA) is 29.9 Å². The first-order valence-corrected chi connectivity index (χ1v) is 6.03. The van der Waals surface area contributed by atoms with Crippen molar-refractivity contribution in [1.29, 1.82) is 0 Å². The summed E-state index contributed by atoms with van der Waals surface area (Å²) in [7, 11) is 0. The molecule has 1 aromatic heterocycles. The number of nitrogens with one attached hydrogen (secondary N) is 1. The van der Waals surface area contributed by atoms with Crippen LogP contribution in [0, 0.1) is 0 Å². The molecule has 0 aliphatic carbocycles. The minimum absolute atomic E-state index is 0.426. The van der Waals surface area contributed by atoms with E-state index < -0.39 is 0 Å². The number of aromatic nitrogens is 2. The molecule has 3 nitrogen and oxygen atoms in total. The first-order valence-electron chi connectivity index (χ1n) is 5.09. The van der Waals surface area contributed by atoms with Crippen molar-refractivity contribution in [3.63, 3.8) is 0 Å². The molecule has 2 unspecified atom stereocenters. The van der Waals surface area contributed by atoms with Crippen molar-refractivity contribution < 1.29 is 0 Å². The van der Waals surface area contributed by atoms with Gasteiger partial charge in [-0.3, -0.25) is 5.32 Å². The van der Waals surface area contributed by atoms with Gasteiger partial charge in [-0.05, 0) is 13.8 Å². The molecule has 0 bridgehead atoms. The van der Waals surface area contributed by atoms with Gasteiger partial charge in [0, 0.05) is 17.8 Å². The fourth-order valence-corrected chi connectivity index (χ4v) is 2.90. The molecule has 2 atom stereocenters. The molecule has 2 rings (SSSR count). The summed E-state index contributed by atoms with van der Waals surface area (Å²) in [6.45, 7) is 7.73. The Bertz CT molecular complexity index is 308. The molecule has 4 heteroatoms. The minimum Gasteiger partial charge on any atom is -0.330 e. The molecule has 0 spiro atoms. The maximum absolute atomic E-state index is 4.22. The first-order chi connectivity index (χ1) is 6.68. The van der Waals surface area contributed by atoms with E-state index in [1.54, 1.807) is 0 Å². The Hall–Kier alpha value is -0.480. The van der Waals surface area contributed by atoms with E-state index in [1.807, 2.05) is 24.3 Å². The van der Waals surface area contributed by atoms with E-state index in [-0.39, 0.29) is 0 Å². The minimum atomic E-state index is 0.426. The smallest absolute Gasteiger partial charge is 0.0961 e. The number of imidazole rings is 1. The highest BCUT2D eigenvalue weighted by Gasteiger charge is 2.25. The monoisotopic (exact) mass is 211 g/mol. The van der Waals surface area contributed by atoms with E-state index in [2.05, 4.69) is 35.6 Å². The summed E-state index contributed by atoms with van der Waals surface area (Å²) >= 11 is 1.98. The van der Waals surface area contributed by atoms with Gasteiger partial charge in [0.15, 0.2) is 0 Å². The summed E-state index contributed by atoms with van der Waals surface area (Å²) in [5, 5.41) is 4.64. The molecule has 0 saturated carbocycles. The van der Waals surface area contributed by atoms with Crippen LogP contribution < -0.4 is 5.32 Å². The van der Waals surface area contributed by atoms with Crippen LogP contribution in [0.25, 0.3) is 0 Å². The van der Waals surface area contributed by atoms with Crippen LogP contribution in [0.4, 0.5) is 0 Å². The first kappa shape index (κ1) is 10.1. The zero-order valence-electron chi connectivity index (χ0n) is 8.90. The van der Waals surface area contributed by atoms with E-state index in [1.165, 1.54) is 5.69 Å². The highest BCUT2D eigenvalue weighted by Crippen LogP contribution is 2.35. The number of rotatable bonds is 2. The second kappa shape index (κ2) is 3.95. The predicted octanol–water partition coefficient (Wildman–Crippen LogP) is 2.19. The molecule has 0 amide bonds. The predicted molar refractivity (Wildman–Crippen MR) is 60.4 cm³/mol. The van der Waals surface area contributed by atoms with Crippen molar-refractivity contribution in [1.82, 2.24) is 14.9 Å². The van der Waals surface area contributed by atoms with Crippen molar-refractivity contribution in [2.24, 2.45) is 0 Å². The van der Waals surface area contributed by atoms with Crippen LogP contribution >= 0.6 is 11.8 Å². The SMILES string of the molecule is CC1CNC(c2cncn2C(C)C)S1. The summed E-state index contributed by atoms with van der Waals surface area (Å²) in [4.78, 5) is 4.22. The van der Waals surface area contributed by atoms with Crippen molar-refractivity contribution in [3.05, 3.63) is 18.2 Å². The number of thioether (sulfide) groups is 1. The summed E-state index contributed by atoms with van der Waals surface area (Å²) in [5.74, 6) is 0. The molecule has 1 fully saturated rings. The molecular formula is C10H17N3S. The highest BCUT2D eigenvalue weighted by atomic mass is 32.2. The van der Waals surface area contributed by atoms with Crippen LogP contribution in [0.2, 0.25) is 0 Å². The van der Waals surface area contributed by atoms with Gasteiger partial charge in [0.2, 0.25) is 0 Å². The van der Waals surface area contributed by atoms with Gasteiger partial charge in [0.05, 0.1) is 23.6 Å². The number of nitrogens with zero attached hydrogens (tertiary/aromatic N) is 2. The molecule has 1 aromatic rings. The largest absolute Gasteiger partial charge is 0.330 e. The van der Waals surface area contributed by atoms with Gasteiger partial charge in [-0.15, -0.1) is 11.8 Å². The molecule has 0 radical (unpaired) electrons. The third-order valence-corrected chi connectivity index (χ3v) is 3.79. The maximum Gasteiger partial charge on any atom is 0.0961 e. The van der Waals surface area contributed by atoms with Crippen molar-refractivity contribution in [2.75, 3.05) is 6.54 Å². The zero-order valence-corrected chi connectivity index (χ0v) is 9.71. The average molecular weight is 211 g/mol. The molecule has 1 aliphatic heterocycles. The Morgan fingerprint density at radius 1 is 1.64 bits per heavy atom. The van der Waals surface area contributed by atoms with Gasteiger partial charge in [0.25, 0.3) is 0 Å². The Morgan fingerprint density at radius 2 is 2.43 bits per heavy atom. The normalized spacial score (nSPS) is 27.4. The third kappa shape index (κ3) is 1.81. The number of hydrogen-bond acceptors (Lipinski definition) is 3. The summed E-state index contributed by atoms with van der Waals surface area (Å²) in [6.07, 6.45) is 3.90. The second-order valence-electron chi connectivity index (χ2n) is 4.05. The van der Waals surface area contributed by atoms with Crippen LogP contribution in [0.1, 0.15) is 37.9 Å². The lowest BCUT2D eigenvalue weighted by Crippen LogP contribution is -2.17. The lowest BCUT2D eigenvalue weighted by molar-refractivity contribution is 0.555. The van der Waals surface area contributed by atoms with Crippen molar-refractivity contribution >= 4 is 11.8 Å². The quantitative estimate of drug-likeness (QED) is 0.813. The Morgan fingerprint density at radius 3 is 3.00 bits per heavy atom. The van der Waals surface area contributed by atoms with Gasteiger partial charge < -0.3 is 4.57 Å². The van der Waals surface area contributed by atoms with Crippen molar-refractivity contribution in [3.8, 4) is 0 Å². The van der Waals surface area contributed by atoms with Gasteiger partial charge >= 0.3 is 0 Å². The zero-order chi connectivity index (χ0) is 10.1. The average Bonchev–Trinajstić information content (AvgIpc) is 2.70. The fourth-order valence-electron chi connectivity index (χ4n) is 1.73. The lowest BCUT2D eigenvalue weighted by Gasteiger charge is -2.16. The Kier molecular flexibility index (Phi) is 2.83. The van der Waals surface area contributed by atoms with E-state index in [0.29, 0.717) is 16.7 Å². The van der Waals surface area contributed by atoms with Gasteiger partial charge in [-0.1, -0.05) is 6.92 Å². The van der Waals surface area contributed by atoms with Crippen molar-refractivity contribution in [2.45, 2.75) is 37.4 Å². The summed E-state index contributed by atoms with van der Waals surface area (Å²) in [6, 6.07) is 0.491. The molecule has 1 aliphatic rings. The Labute approximate surface area is 89.3 Å². The Balaban J connectivity index is 2.19. The molecule has 78 valence electrons. The van der Waals surface area contributed by atoms with Crippen LogP contribution in [0.5, 0.6) is 0 Å². The second-order valence-corrected chi connectivity index (χ2v) is 5.60. The van der Waals surface area contributed by atoms with Crippen LogP contribution in [-0.2, 0) is 0 Å². The molecule has 0 aromatic carbocycles. The lowest BCUT2D eigenvalue weighted by atomic mass is 10.3. The van der Waals surface area contributed by atoms with Crippen LogP contribution in [-0.4, -0.2) is 21.3 Å². The van der Waals surface area contributed by atoms with E-state index >= 15 is 0 Å². The van der Waals surface area contributed by atoms with Gasteiger partial charge in [0.1, 0.15) is 0 Å². The van der Waals surface area contributed by atoms with E-state index in [9.17, 15) is 0 Å². The molecule has 2 heterocycles. The van der Waals surface area contributed by atoms with Crippen LogP contribution in [0.15, 0.2) is 12.5 Å². The number of hydrogen-bond donors (Lipinski definition) is 1. The van der Waals surface area contributed by atoms with Gasteiger partial charge in [-0.25, -0.2) is 4.98 Å². The summed E-state index contributed by atoms with van der Waals surface area (Å²) in [5.41, 5.74) is 1.30. The molecule has 1 N–H and O–H groups in total. The highest BCUT2D eigenvalue weighted by molar-refractivity contribution is 8.00. The van der Waals surface area contributed by atoms with Gasteiger partial charge in [-0.2, -0.15) is 0 Å². The molecule has 1 saturated heterocycles. The van der Waals surface area contributed by atoms with E-state index in [4.69, 9.17) is 0 Å². The molecular weight excluding hydrogens is 194 g/mol. The molecule has 14 heavy (non-hydrogen) atoms. The maximum atomic E-state index is 4.22. The van der Waals surface area contributed by atoms with E-state index in [0.717, 1.165) is 6.54 Å². The van der Waals surface area contributed by atoms with Crippen LogP contribution in [0.3, 0.4) is 0 Å². The summed E-state index contributed by atoms with van der Waals surface area (Å²) < 4.78 is 2.24. The third-order valence-electron chi connectivity index (χ3n) is 2.48. The standard InChI is InChI=1S/C10H17N3S/c1-7(2)13-6-11-5-9(13)10-12-4-8(3)14-10/h5-8,10,12H,4H2,1-3H3.